The highest BCUT2D eigenvalue weighted by Crippen LogP contribution is 2.13. The van der Waals surface area contributed by atoms with Gasteiger partial charge in [-0.05, 0) is 13.0 Å². The lowest BCUT2D eigenvalue weighted by Crippen LogP contribution is -2.51. The van der Waals surface area contributed by atoms with Gasteiger partial charge in [-0.1, -0.05) is 25.4 Å². The van der Waals surface area contributed by atoms with Crippen molar-refractivity contribution >= 4 is 11.7 Å². The molecule has 6 heteroatoms. The minimum Gasteiger partial charge on any atom is -0.409 e. The third-order valence-corrected chi connectivity index (χ3v) is 3.48. The number of amides is 1. The summed E-state index contributed by atoms with van der Waals surface area (Å²) in [5, 5.41) is 11.7. The van der Waals surface area contributed by atoms with Crippen LogP contribution in [0.5, 0.6) is 0 Å². The molecule has 1 aliphatic heterocycles. The first kappa shape index (κ1) is 14.8. The molecule has 3 N–H and O–H groups in total. The zero-order valence-corrected chi connectivity index (χ0v) is 11.3. The number of nitrogens with two attached hydrogens (primary N) is 1. The van der Waals surface area contributed by atoms with Crippen molar-refractivity contribution < 1.29 is 10.0 Å². The van der Waals surface area contributed by atoms with Crippen LogP contribution >= 0.6 is 0 Å². The number of piperazine rings is 1. The van der Waals surface area contributed by atoms with Crippen molar-refractivity contribution in [3.8, 4) is 0 Å². The molecule has 0 bridgehead atoms. The minimum atomic E-state index is -0.479. The number of amidine groups is 1. The van der Waals surface area contributed by atoms with Crippen LogP contribution < -0.4 is 5.73 Å². The van der Waals surface area contributed by atoms with E-state index in [1.807, 2.05) is 11.8 Å². The molecule has 0 radical (unpaired) electrons. The van der Waals surface area contributed by atoms with Gasteiger partial charge in [0, 0.05) is 26.2 Å². The van der Waals surface area contributed by atoms with E-state index in [1.54, 1.807) is 0 Å². The SMILES string of the molecule is CCCC(C(=O)N1CCN(CC)CC1)C(N)=NO. The fourth-order valence-corrected chi connectivity index (χ4v) is 2.26. The van der Waals surface area contributed by atoms with Crippen molar-refractivity contribution in [2.45, 2.75) is 26.7 Å². The molecule has 0 saturated carbocycles. The van der Waals surface area contributed by atoms with E-state index in [9.17, 15) is 4.79 Å². The molecule has 104 valence electrons. The zero-order valence-electron chi connectivity index (χ0n) is 11.3. The van der Waals surface area contributed by atoms with E-state index in [0.29, 0.717) is 6.42 Å². The highest BCUT2D eigenvalue weighted by atomic mass is 16.4. The van der Waals surface area contributed by atoms with Gasteiger partial charge in [0.25, 0.3) is 0 Å². The van der Waals surface area contributed by atoms with Gasteiger partial charge in [-0.3, -0.25) is 4.79 Å². The van der Waals surface area contributed by atoms with Gasteiger partial charge in [0.05, 0.1) is 5.92 Å². The molecule has 1 aliphatic rings. The quantitative estimate of drug-likeness (QED) is 0.321. The maximum absolute atomic E-state index is 12.3. The Bertz CT molecular complexity index is 298. The summed E-state index contributed by atoms with van der Waals surface area (Å²) in [7, 11) is 0. The van der Waals surface area contributed by atoms with Gasteiger partial charge >= 0.3 is 0 Å². The van der Waals surface area contributed by atoms with Gasteiger partial charge in [0.2, 0.25) is 5.91 Å². The molecule has 18 heavy (non-hydrogen) atoms. The summed E-state index contributed by atoms with van der Waals surface area (Å²) >= 11 is 0. The molecule has 0 aromatic heterocycles. The number of likely N-dealkylation sites (N-methyl/N-ethyl adjacent to an activating group) is 1. The Labute approximate surface area is 108 Å². The molecule has 1 atom stereocenters. The minimum absolute atomic E-state index is 0.0112. The maximum Gasteiger partial charge on any atom is 0.233 e. The lowest BCUT2D eigenvalue weighted by Gasteiger charge is -2.35. The van der Waals surface area contributed by atoms with Crippen LogP contribution in [0.2, 0.25) is 0 Å². The second-order valence-electron chi connectivity index (χ2n) is 4.63. The summed E-state index contributed by atoms with van der Waals surface area (Å²) in [6.45, 7) is 8.38. The Morgan fingerprint density at radius 3 is 2.39 bits per heavy atom. The Balaban J connectivity index is 2.61. The van der Waals surface area contributed by atoms with Crippen molar-refractivity contribution in [1.29, 1.82) is 0 Å². The van der Waals surface area contributed by atoms with Gasteiger partial charge in [-0.25, -0.2) is 0 Å². The first-order valence-corrected chi connectivity index (χ1v) is 6.62. The first-order valence-electron chi connectivity index (χ1n) is 6.62. The maximum atomic E-state index is 12.3. The van der Waals surface area contributed by atoms with Crippen LogP contribution in [0.15, 0.2) is 5.16 Å². The van der Waals surface area contributed by atoms with E-state index in [0.717, 1.165) is 39.1 Å². The molecule has 1 amide bonds. The fraction of sp³-hybridized carbons (Fsp3) is 0.833. The zero-order chi connectivity index (χ0) is 13.5. The number of carbonyl (C=O) groups is 1. The molecule has 0 aliphatic carbocycles. The summed E-state index contributed by atoms with van der Waals surface area (Å²) in [6.07, 6.45) is 1.46. The van der Waals surface area contributed by atoms with Crippen molar-refractivity contribution in [3.05, 3.63) is 0 Å². The molecule has 0 aromatic rings. The van der Waals surface area contributed by atoms with Crippen molar-refractivity contribution in [2.24, 2.45) is 16.8 Å². The van der Waals surface area contributed by atoms with E-state index in [2.05, 4.69) is 17.0 Å². The van der Waals surface area contributed by atoms with E-state index in [-0.39, 0.29) is 11.7 Å². The lowest BCUT2D eigenvalue weighted by molar-refractivity contribution is -0.135. The number of oxime groups is 1. The Morgan fingerprint density at radius 2 is 1.94 bits per heavy atom. The van der Waals surface area contributed by atoms with Crippen LogP contribution in [0.25, 0.3) is 0 Å². The molecule has 1 heterocycles. The van der Waals surface area contributed by atoms with Gasteiger partial charge < -0.3 is 20.7 Å². The molecule has 6 nitrogen and oxygen atoms in total. The average Bonchev–Trinajstić information content (AvgIpc) is 2.43. The van der Waals surface area contributed by atoms with E-state index >= 15 is 0 Å². The van der Waals surface area contributed by atoms with Crippen LogP contribution in [0.3, 0.4) is 0 Å². The third kappa shape index (κ3) is 3.60. The number of hydrogen-bond acceptors (Lipinski definition) is 4. The predicted molar refractivity (Wildman–Crippen MR) is 70.5 cm³/mol. The van der Waals surface area contributed by atoms with Gasteiger partial charge in [0.1, 0.15) is 0 Å². The molecule has 0 aromatic carbocycles. The van der Waals surface area contributed by atoms with Crippen LogP contribution in [-0.2, 0) is 4.79 Å². The van der Waals surface area contributed by atoms with Crippen LogP contribution in [0.1, 0.15) is 26.7 Å². The van der Waals surface area contributed by atoms with Crippen molar-refractivity contribution in [2.75, 3.05) is 32.7 Å². The van der Waals surface area contributed by atoms with Crippen molar-refractivity contribution in [3.63, 3.8) is 0 Å². The second-order valence-corrected chi connectivity index (χ2v) is 4.63. The normalized spacial score (nSPS) is 19.9. The molecule has 0 spiro atoms. The van der Waals surface area contributed by atoms with Gasteiger partial charge in [-0.2, -0.15) is 0 Å². The van der Waals surface area contributed by atoms with Crippen LogP contribution in [0, 0.1) is 5.92 Å². The number of rotatable bonds is 5. The summed E-state index contributed by atoms with van der Waals surface area (Å²) in [5.74, 6) is -0.462. The standard InChI is InChI=1S/C12H24N4O2/c1-3-5-10(11(13)14-18)12(17)16-8-6-15(4-2)7-9-16/h10,18H,3-9H2,1-2H3,(H2,13,14). The highest BCUT2D eigenvalue weighted by Gasteiger charge is 2.29. The van der Waals surface area contributed by atoms with E-state index < -0.39 is 5.92 Å². The highest BCUT2D eigenvalue weighted by molar-refractivity contribution is 6.02. The molecular formula is C12H24N4O2. The van der Waals surface area contributed by atoms with E-state index in [1.165, 1.54) is 0 Å². The first-order chi connectivity index (χ1) is 8.63. The van der Waals surface area contributed by atoms with Gasteiger partial charge in [-0.15, -0.1) is 0 Å². The fourth-order valence-electron chi connectivity index (χ4n) is 2.26. The molecule has 1 unspecified atom stereocenters. The smallest absolute Gasteiger partial charge is 0.233 e. The second kappa shape index (κ2) is 7.20. The molecule has 1 saturated heterocycles. The van der Waals surface area contributed by atoms with Crippen LogP contribution in [0.4, 0.5) is 0 Å². The molecule has 1 fully saturated rings. The topological polar surface area (TPSA) is 82.2 Å². The number of hydrogen-bond donors (Lipinski definition) is 2. The Kier molecular flexibility index (Phi) is 5.91. The number of carbonyl (C=O) groups excluding carboxylic acids is 1. The van der Waals surface area contributed by atoms with Gasteiger partial charge in [0.15, 0.2) is 5.84 Å². The molecular weight excluding hydrogens is 232 g/mol. The predicted octanol–water partition coefficient (Wildman–Crippen LogP) is 0.313. The van der Waals surface area contributed by atoms with E-state index in [4.69, 9.17) is 10.9 Å². The Morgan fingerprint density at radius 1 is 1.33 bits per heavy atom. The summed E-state index contributed by atoms with van der Waals surface area (Å²) in [4.78, 5) is 16.5. The lowest BCUT2D eigenvalue weighted by atomic mass is 10.0. The summed E-state index contributed by atoms with van der Waals surface area (Å²) < 4.78 is 0. The largest absolute Gasteiger partial charge is 0.409 e. The van der Waals surface area contributed by atoms with Crippen molar-refractivity contribution in [1.82, 2.24) is 9.80 Å². The third-order valence-electron chi connectivity index (χ3n) is 3.48. The van der Waals surface area contributed by atoms with Crippen LogP contribution in [-0.4, -0.2) is 59.5 Å². The monoisotopic (exact) mass is 256 g/mol. The molecule has 1 rings (SSSR count). The summed E-state index contributed by atoms with van der Waals surface area (Å²) in [5.41, 5.74) is 5.61. The number of nitrogens with zero attached hydrogens (tertiary/aromatic N) is 3. The summed E-state index contributed by atoms with van der Waals surface area (Å²) in [6, 6.07) is 0. The Hall–Kier alpha value is -1.30. The average molecular weight is 256 g/mol.